The van der Waals surface area contributed by atoms with E-state index in [9.17, 15) is 14.0 Å². The van der Waals surface area contributed by atoms with Gasteiger partial charge in [-0.25, -0.2) is 4.39 Å². The summed E-state index contributed by atoms with van der Waals surface area (Å²) in [6, 6.07) is 12.1. The van der Waals surface area contributed by atoms with E-state index >= 15 is 0 Å². The van der Waals surface area contributed by atoms with Gasteiger partial charge in [0, 0.05) is 24.6 Å². The van der Waals surface area contributed by atoms with Crippen LogP contribution in [0.4, 0.5) is 10.1 Å². The normalized spacial score (nSPS) is 25.3. The van der Waals surface area contributed by atoms with Crippen molar-refractivity contribution in [2.24, 2.45) is 0 Å². The molecule has 2 aromatic rings. The van der Waals surface area contributed by atoms with Crippen LogP contribution in [0.15, 0.2) is 42.5 Å². The van der Waals surface area contributed by atoms with E-state index in [2.05, 4.69) is 10.6 Å². The molecule has 0 aromatic heterocycles. The second kappa shape index (κ2) is 5.16. The molecule has 24 heavy (non-hydrogen) atoms. The smallest absolute Gasteiger partial charge is 0.237 e. The minimum Gasteiger partial charge on any atom is -0.355 e. The highest BCUT2D eigenvalue weighted by molar-refractivity contribution is 6.08. The summed E-state index contributed by atoms with van der Waals surface area (Å²) >= 11 is 0. The summed E-state index contributed by atoms with van der Waals surface area (Å²) in [6.45, 7) is 2.10. The summed E-state index contributed by atoms with van der Waals surface area (Å²) in [7, 11) is 0. The average Bonchev–Trinajstić information content (AvgIpc) is 2.85. The van der Waals surface area contributed by atoms with E-state index in [1.54, 1.807) is 6.07 Å². The van der Waals surface area contributed by atoms with Gasteiger partial charge in [-0.1, -0.05) is 24.3 Å². The van der Waals surface area contributed by atoms with Crippen LogP contribution >= 0.6 is 0 Å². The molecule has 4 rings (SSSR count). The Labute approximate surface area is 139 Å². The Bertz CT molecular complexity index is 864. The number of hydrogen-bond donors (Lipinski definition) is 2. The van der Waals surface area contributed by atoms with Gasteiger partial charge in [-0.15, -0.1) is 0 Å². The maximum absolute atomic E-state index is 13.9. The molecular weight excluding hydrogens is 307 g/mol. The quantitative estimate of drug-likeness (QED) is 0.847. The van der Waals surface area contributed by atoms with E-state index in [4.69, 9.17) is 0 Å². The van der Waals surface area contributed by atoms with Gasteiger partial charge in [0.1, 0.15) is 11.2 Å². The van der Waals surface area contributed by atoms with Crippen molar-refractivity contribution in [1.82, 2.24) is 5.32 Å². The number of amides is 2. The van der Waals surface area contributed by atoms with Crippen LogP contribution in [0.5, 0.6) is 0 Å². The number of fused-ring (bicyclic) bond motifs is 2. The molecule has 122 valence electrons. The number of carbonyl (C=O) groups excluding carboxylic acids is 2. The van der Waals surface area contributed by atoms with E-state index in [1.165, 1.54) is 12.1 Å². The molecule has 2 atom stereocenters. The van der Waals surface area contributed by atoms with Crippen LogP contribution in [0.1, 0.15) is 29.0 Å². The zero-order valence-electron chi connectivity index (χ0n) is 13.2. The molecule has 2 amide bonds. The second-order valence-corrected chi connectivity index (χ2v) is 6.51. The molecule has 4 nitrogen and oxygen atoms in total. The van der Waals surface area contributed by atoms with Gasteiger partial charge < -0.3 is 10.6 Å². The van der Waals surface area contributed by atoms with Gasteiger partial charge in [0.25, 0.3) is 0 Å². The van der Waals surface area contributed by atoms with Crippen molar-refractivity contribution in [3.63, 3.8) is 0 Å². The first kappa shape index (κ1) is 14.9. The van der Waals surface area contributed by atoms with Gasteiger partial charge >= 0.3 is 0 Å². The Morgan fingerprint density at radius 3 is 2.79 bits per heavy atom. The van der Waals surface area contributed by atoms with Crippen molar-refractivity contribution in [3.8, 4) is 0 Å². The van der Waals surface area contributed by atoms with Crippen LogP contribution in [-0.2, 0) is 15.0 Å². The van der Waals surface area contributed by atoms with Crippen molar-refractivity contribution in [2.75, 3.05) is 11.9 Å². The summed E-state index contributed by atoms with van der Waals surface area (Å²) in [5, 5.41) is 5.75. The fourth-order valence-corrected chi connectivity index (χ4v) is 4.01. The number of para-hydroxylation sites is 1. The molecule has 2 unspecified atom stereocenters. The number of piperidine rings is 1. The number of benzene rings is 2. The Morgan fingerprint density at radius 1 is 1.17 bits per heavy atom. The number of halogens is 1. The molecule has 1 spiro atoms. The molecule has 2 aliphatic heterocycles. The van der Waals surface area contributed by atoms with Crippen molar-refractivity contribution in [3.05, 3.63) is 65.0 Å². The maximum Gasteiger partial charge on any atom is 0.237 e. The molecule has 2 aliphatic rings. The Morgan fingerprint density at radius 2 is 1.96 bits per heavy atom. The van der Waals surface area contributed by atoms with Crippen LogP contribution in [0.25, 0.3) is 0 Å². The number of aryl methyl sites for hydroxylation is 1. The number of carbonyl (C=O) groups is 2. The SMILES string of the molecule is Cc1ccc(F)cc1C1CC(=O)NCC12C(=O)Nc1ccccc12. The monoisotopic (exact) mass is 324 g/mol. The lowest BCUT2D eigenvalue weighted by Gasteiger charge is -2.40. The maximum atomic E-state index is 13.9. The molecular formula is C19H17FN2O2. The lowest BCUT2D eigenvalue weighted by molar-refractivity contribution is -0.128. The molecule has 1 saturated heterocycles. The van der Waals surface area contributed by atoms with Crippen LogP contribution in [0.3, 0.4) is 0 Å². The first-order chi connectivity index (χ1) is 11.5. The first-order valence-electron chi connectivity index (χ1n) is 7.96. The third kappa shape index (κ3) is 1.97. The minimum absolute atomic E-state index is 0.119. The Hall–Kier alpha value is -2.69. The summed E-state index contributed by atoms with van der Waals surface area (Å²) in [4.78, 5) is 25.0. The van der Waals surface area contributed by atoms with Gasteiger partial charge in [-0.05, 0) is 41.8 Å². The van der Waals surface area contributed by atoms with Crippen LogP contribution in [-0.4, -0.2) is 18.4 Å². The molecule has 0 saturated carbocycles. The zero-order chi connectivity index (χ0) is 16.9. The van der Waals surface area contributed by atoms with E-state index < -0.39 is 11.3 Å². The number of rotatable bonds is 1. The highest BCUT2D eigenvalue weighted by Gasteiger charge is 2.55. The minimum atomic E-state index is -0.900. The molecule has 0 aliphatic carbocycles. The molecule has 2 N–H and O–H groups in total. The van der Waals surface area contributed by atoms with E-state index in [0.717, 1.165) is 22.4 Å². The molecule has 5 heteroatoms. The van der Waals surface area contributed by atoms with Crippen LogP contribution in [0.2, 0.25) is 0 Å². The number of anilines is 1. The Balaban J connectivity index is 1.94. The number of nitrogens with one attached hydrogen (secondary N) is 2. The zero-order valence-corrected chi connectivity index (χ0v) is 13.2. The average molecular weight is 324 g/mol. The summed E-state index contributed by atoms with van der Waals surface area (Å²) in [5.41, 5.74) is 2.33. The van der Waals surface area contributed by atoms with Gasteiger partial charge in [-0.2, -0.15) is 0 Å². The first-order valence-corrected chi connectivity index (χ1v) is 7.96. The van der Waals surface area contributed by atoms with Crippen LogP contribution in [0, 0.1) is 12.7 Å². The predicted octanol–water partition coefficient (Wildman–Crippen LogP) is 2.63. The van der Waals surface area contributed by atoms with Gasteiger partial charge in [0.15, 0.2) is 0 Å². The molecule has 2 heterocycles. The van der Waals surface area contributed by atoms with Crippen molar-refractivity contribution < 1.29 is 14.0 Å². The summed E-state index contributed by atoms with van der Waals surface area (Å²) in [6.07, 6.45) is 0.159. The second-order valence-electron chi connectivity index (χ2n) is 6.51. The Kier molecular flexibility index (Phi) is 3.20. The number of hydrogen-bond acceptors (Lipinski definition) is 2. The highest BCUT2D eigenvalue weighted by Crippen LogP contribution is 2.50. The van der Waals surface area contributed by atoms with E-state index in [0.29, 0.717) is 0 Å². The molecule has 1 fully saturated rings. The lowest BCUT2D eigenvalue weighted by atomic mass is 9.64. The van der Waals surface area contributed by atoms with E-state index in [-0.39, 0.29) is 30.6 Å². The molecule has 2 aromatic carbocycles. The van der Waals surface area contributed by atoms with Crippen molar-refractivity contribution in [1.29, 1.82) is 0 Å². The van der Waals surface area contributed by atoms with Gasteiger partial charge in [0.05, 0.1) is 0 Å². The van der Waals surface area contributed by atoms with Gasteiger partial charge in [0.2, 0.25) is 11.8 Å². The fourth-order valence-electron chi connectivity index (χ4n) is 4.01. The largest absolute Gasteiger partial charge is 0.355 e. The predicted molar refractivity (Wildman–Crippen MR) is 88.3 cm³/mol. The molecule has 0 bridgehead atoms. The summed E-state index contributed by atoms with van der Waals surface area (Å²) < 4.78 is 13.9. The highest BCUT2D eigenvalue weighted by atomic mass is 19.1. The standard InChI is InChI=1S/C19H17FN2O2/c1-11-6-7-12(20)8-13(11)15-9-17(23)21-10-19(15)14-4-2-3-5-16(14)22-18(19)24/h2-8,15H,9-10H2,1H3,(H,21,23)(H,22,24). The van der Waals surface area contributed by atoms with Crippen molar-refractivity contribution in [2.45, 2.75) is 24.7 Å². The molecule has 0 radical (unpaired) electrons. The lowest BCUT2D eigenvalue weighted by Crippen LogP contribution is -2.54. The third-order valence-electron chi connectivity index (χ3n) is 5.23. The van der Waals surface area contributed by atoms with Gasteiger partial charge in [-0.3, -0.25) is 9.59 Å². The van der Waals surface area contributed by atoms with E-state index in [1.807, 2.05) is 31.2 Å². The topological polar surface area (TPSA) is 58.2 Å². The summed E-state index contributed by atoms with van der Waals surface area (Å²) in [5.74, 6) is -1.02. The van der Waals surface area contributed by atoms with Crippen LogP contribution < -0.4 is 10.6 Å². The fraction of sp³-hybridized carbons (Fsp3) is 0.263. The third-order valence-corrected chi connectivity index (χ3v) is 5.23. The van der Waals surface area contributed by atoms with Crippen molar-refractivity contribution >= 4 is 17.5 Å².